The van der Waals surface area contributed by atoms with E-state index in [4.69, 9.17) is 5.11 Å². The van der Waals surface area contributed by atoms with Crippen LogP contribution in [0, 0.1) is 5.92 Å². The highest BCUT2D eigenvalue weighted by Gasteiger charge is 2.40. The zero-order valence-electron chi connectivity index (χ0n) is 11.7. The minimum absolute atomic E-state index is 0.0664. The van der Waals surface area contributed by atoms with Crippen molar-refractivity contribution in [1.29, 1.82) is 0 Å². The number of aromatic nitrogens is 2. The predicted octanol–water partition coefficient (Wildman–Crippen LogP) is 1.13. The van der Waals surface area contributed by atoms with Crippen LogP contribution in [-0.4, -0.2) is 39.8 Å². The summed E-state index contributed by atoms with van der Waals surface area (Å²) in [6, 6.07) is 9.20. The molecule has 0 aliphatic carbocycles. The number of carboxylic acids is 1. The molecular weight excluding hydrogens is 286 g/mol. The normalized spacial score (nSPS) is 17.5. The van der Waals surface area contributed by atoms with Gasteiger partial charge in [-0.2, -0.15) is 0 Å². The first-order valence-corrected chi connectivity index (χ1v) is 6.68. The molecule has 1 amide bonds. The van der Waals surface area contributed by atoms with Crippen LogP contribution in [0.3, 0.4) is 0 Å². The lowest BCUT2D eigenvalue weighted by molar-refractivity contribution is -0.121. The molecule has 1 aromatic heterocycles. The number of carboxylic acid groups (broad SMARTS) is 1. The van der Waals surface area contributed by atoms with Gasteiger partial charge in [0.1, 0.15) is 11.6 Å². The van der Waals surface area contributed by atoms with Gasteiger partial charge >= 0.3 is 5.97 Å². The van der Waals surface area contributed by atoms with Crippen molar-refractivity contribution in [2.75, 3.05) is 11.9 Å². The van der Waals surface area contributed by atoms with Gasteiger partial charge in [0.2, 0.25) is 11.7 Å². The van der Waals surface area contributed by atoms with E-state index in [2.05, 4.69) is 9.97 Å². The molecule has 1 unspecified atom stereocenters. The Morgan fingerprint density at radius 1 is 1.32 bits per heavy atom. The van der Waals surface area contributed by atoms with Crippen LogP contribution >= 0.6 is 0 Å². The summed E-state index contributed by atoms with van der Waals surface area (Å²) in [5.74, 6) is -3.24. The number of anilines is 1. The molecule has 1 aliphatic heterocycles. The number of ketones is 1. The van der Waals surface area contributed by atoms with Gasteiger partial charge in [0, 0.05) is 7.05 Å². The highest BCUT2D eigenvalue weighted by molar-refractivity contribution is 6.20. The zero-order valence-corrected chi connectivity index (χ0v) is 11.7. The number of imidazole rings is 1. The molecule has 7 heteroatoms. The molecule has 0 fully saturated rings. The summed E-state index contributed by atoms with van der Waals surface area (Å²) in [5, 5.41) is 8.97. The Balaban J connectivity index is 1.98. The van der Waals surface area contributed by atoms with Crippen LogP contribution in [0.15, 0.2) is 30.3 Å². The summed E-state index contributed by atoms with van der Waals surface area (Å²) in [6.45, 7) is 0. The van der Waals surface area contributed by atoms with E-state index in [-0.39, 0.29) is 29.7 Å². The standard InChI is InChI=1S/C15H13N3O4/c1-18-13-10(16-12(17-13)15(21)22)11(19)9(14(18)20)7-8-5-3-2-4-6-8/h2-6,9H,7H2,1H3,(H,16,17)(H,21,22). The molecule has 1 aliphatic rings. The fourth-order valence-electron chi connectivity index (χ4n) is 2.53. The highest BCUT2D eigenvalue weighted by atomic mass is 16.4. The SMILES string of the molecule is CN1C(=O)C(Cc2ccccc2)C(=O)c2[nH]c(C(=O)O)nc21. The van der Waals surface area contributed by atoms with E-state index in [9.17, 15) is 14.4 Å². The third kappa shape index (κ3) is 2.16. The molecule has 0 bridgehead atoms. The van der Waals surface area contributed by atoms with Crippen LogP contribution in [0.4, 0.5) is 5.82 Å². The minimum atomic E-state index is -1.28. The van der Waals surface area contributed by atoms with Crippen molar-refractivity contribution in [2.45, 2.75) is 6.42 Å². The lowest BCUT2D eigenvalue weighted by Gasteiger charge is -2.26. The summed E-state index contributed by atoms with van der Waals surface area (Å²) in [5.41, 5.74) is 0.935. The van der Waals surface area contributed by atoms with Gasteiger partial charge in [-0.05, 0) is 12.0 Å². The maximum Gasteiger partial charge on any atom is 0.371 e. The van der Waals surface area contributed by atoms with Crippen LogP contribution < -0.4 is 4.90 Å². The number of fused-ring (bicyclic) bond motifs is 1. The number of hydrogen-bond donors (Lipinski definition) is 2. The Bertz CT molecular complexity index is 766. The maximum absolute atomic E-state index is 12.5. The van der Waals surface area contributed by atoms with Crippen molar-refractivity contribution >= 4 is 23.5 Å². The number of benzene rings is 1. The van der Waals surface area contributed by atoms with Crippen LogP contribution in [0.5, 0.6) is 0 Å². The van der Waals surface area contributed by atoms with Crippen molar-refractivity contribution in [3.05, 3.63) is 47.4 Å². The fourth-order valence-corrected chi connectivity index (χ4v) is 2.53. The average molecular weight is 299 g/mol. The van der Waals surface area contributed by atoms with E-state index in [1.807, 2.05) is 30.3 Å². The van der Waals surface area contributed by atoms with Gasteiger partial charge in [-0.1, -0.05) is 30.3 Å². The number of aromatic carboxylic acids is 1. The van der Waals surface area contributed by atoms with E-state index in [0.717, 1.165) is 5.56 Å². The highest BCUT2D eigenvalue weighted by Crippen LogP contribution is 2.29. The number of aromatic amines is 1. The van der Waals surface area contributed by atoms with Crippen LogP contribution in [-0.2, 0) is 11.2 Å². The lowest BCUT2D eigenvalue weighted by Crippen LogP contribution is -2.43. The van der Waals surface area contributed by atoms with E-state index in [1.165, 1.54) is 11.9 Å². The van der Waals surface area contributed by atoms with Crippen molar-refractivity contribution in [1.82, 2.24) is 9.97 Å². The molecule has 3 rings (SSSR count). The second-order valence-electron chi connectivity index (χ2n) is 5.09. The molecule has 0 saturated carbocycles. The van der Waals surface area contributed by atoms with Gasteiger partial charge in [0.05, 0.1) is 0 Å². The monoisotopic (exact) mass is 299 g/mol. The number of nitrogens with one attached hydrogen (secondary N) is 1. The quantitative estimate of drug-likeness (QED) is 0.827. The second kappa shape index (κ2) is 5.10. The van der Waals surface area contributed by atoms with Gasteiger partial charge in [-0.15, -0.1) is 0 Å². The van der Waals surface area contributed by atoms with Gasteiger partial charge < -0.3 is 10.1 Å². The first kappa shape index (κ1) is 14.0. The van der Waals surface area contributed by atoms with Crippen molar-refractivity contribution in [3.63, 3.8) is 0 Å². The van der Waals surface area contributed by atoms with Gasteiger partial charge in [0.15, 0.2) is 11.6 Å². The molecule has 1 atom stereocenters. The fraction of sp³-hybridized carbons (Fsp3) is 0.200. The van der Waals surface area contributed by atoms with Crippen LogP contribution in [0.25, 0.3) is 0 Å². The van der Waals surface area contributed by atoms with Crippen molar-refractivity contribution in [2.24, 2.45) is 5.92 Å². The maximum atomic E-state index is 12.5. The van der Waals surface area contributed by atoms with Gasteiger partial charge in [-0.25, -0.2) is 9.78 Å². The topological polar surface area (TPSA) is 103 Å². The number of carbonyl (C=O) groups is 3. The number of nitrogens with zero attached hydrogens (tertiary/aromatic N) is 2. The molecule has 0 saturated heterocycles. The smallest absolute Gasteiger partial charge is 0.371 e. The molecular formula is C15H13N3O4. The molecule has 2 N–H and O–H groups in total. The predicted molar refractivity (Wildman–Crippen MR) is 76.9 cm³/mol. The van der Waals surface area contributed by atoms with E-state index in [1.54, 1.807) is 0 Å². The molecule has 22 heavy (non-hydrogen) atoms. The first-order chi connectivity index (χ1) is 10.5. The van der Waals surface area contributed by atoms with Gasteiger partial charge in [-0.3, -0.25) is 14.5 Å². The van der Waals surface area contributed by atoms with Crippen LogP contribution in [0.2, 0.25) is 0 Å². The Morgan fingerprint density at radius 2 is 2.00 bits per heavy atom. The zero-order chi connectivity index (χ0) is 15.9. The lowest BCUT2D eigenvalue weighted by atomic mass is 9.90. The van der Waals surface area contributed by atoms with E-state index >= 15 is 0 Å². The minimum Gasteiger partial charge on any atom is -0.475 e. The summed E-state index contributed by atoms with van der Waals surface area (Å²) < 4.78 is 0. The molecule has 1 aromatic carbocycles. The van der Waals surface area contributed by atoms with Crippen LogP contribution in [0.1, 0.15) is 26.7 Å². The summed E-state index contributed by atoms with van der Waals surface area (Å²) >= 11 is 0. The molecule has 2 heterocycles. The van der Waals surface area contributed by atoms with E-state index < -0.39 is 17.7 Å². The second-order valence-corrected chi connectivity index (χ2v) is 5.09. The Labute approximate surface area is 125 Å². The number of carbonyl (C=O) groups excluding carboxylic acids is 2. The number of hydrogen-bond acceptors (Lipinski definition) is 4. The average Bonchev–Trinajstić information content (AvgIpc) is 2.96. The summed E-state index contributed by atoms with van der Waals surface area (Å²) in [4.78, 5) is 43.4. The Morgan fingerprint density at radius 3 is 2.64 bits per heavy atom. The third-order valence-electron chi connectivity index (χ3n) is 3.68. The van der Waals surface area contributed by atoms with Crippen molar-refractivity contribution in [3.8, 4) is 0 Å². The summed E-state index contributed by atoms with van der Waals surface area (Å²) in [6.07, 6.45) is 0.268. The Kier molecular flexibility index (Phi) is 3.25. The number of amides is 1. The Hall–Kier alpha value is -2.96. The van der Waals surface area contributed by atoms with Gasteiger partial charge in [0.25, 0.3) is 0 Å². The molecule has 2 aromatic rings. The number of Topliss-reactive ketones (excluding diaryl/α,β-unsaturated/α-hetero) is 1. The van der Waals surface area contributed by atoms with E-state index in [0.29, 0.717) is 0 Å². The summed E-state index contributed by atoms with van der Waals surface area (Å²) in [7, 11) is 1.48. The van der Waals surface area contributed by atoms with Crippen molar-refractivity contribution < 1.29 is 19.5 Å². The molecule has 7 nitrogen and oxygen atoms in total. The first-order valence-electron chi connectivity index (χ1n) is 6.68. The molecule has 0 radical (unpaired) electrons. The number of rotatable bonds is 3. The largest absolute Gasteiger partial charge is 0.475 e. The molecule has 112 valence electrons. The number of H-pyrrole nitrogens is 1. The molecule has 0 spiro atoms. The third-order valence-corrected chi connectivity index (χ3v) is 3.68.